The number of sulfonamides is 1. The van der Waals surface area contributed by atoms with Crippen LogP contribution in [0.15, 0.2) is 29.2 Å². The van der Waals surface area contributed by atoms with Crippen LogP contribution in [0.5, 0.6) is 0 Å². The van der Waals surface area contributed by atoms with Crippen molar-refractivity contribution in [2.45, 2.75) is 68.1 Å². The molecule has 2 heterocycles. The summed E-state index contributed by atoms with van der Waals surface area (Å²) in [5, 5.41) is 0.678. The summed E-state index contributed by atoms with van der Waals surface area (Å²) in [5.41, 5.74) is 1.10. The van der Waals surface area contributed by atoms with E-state index in [9.17, 15) is 8.42 Å². The molecule has 3 nitrogen and oxygen atoms in total. The van der Waals surface area contributed by atoms with E-state index in [0.717, 1.165) is 30.1 Å². The van der Waals surface area contributed by atoms with Crippen molar-refractivity contribution in [3.8, 4) is 0 Å². The molecule has 5 heteroatoms. The predicted octanol–water partition coefficient (Wildman–Crippen LogP) is 4.46. The number of hydrogen-bond donors (Lipinski definition) is 0. The molecule has 0 unspecified atom stereocenters. The molecule has 0 aromatic heterocycles. The minimum Gasteiger partial charge on any atom is -0.207 e. The van der Waals surface area contributed by atoms with Crippen LogP contribution in [0, 0.1) is 18.8 Å². The van der Waals surface area contributed by atoms with Gasteiger partial charge in [0.25, 0.3) is 0 Å². The summed E-state index contributed by atoms with van der Waals surface area (Å²) >= 11 is 2.14. The molecule has 2 aliphatic heterocycles. The zero-order valence-electron chi connectivity index (χ0n) is 15.1. The van der Waals surface area contributed by atoms with Gasteiger partial charge in [-0.15, -0.1) is 0 Å². The molecule has 0 N–H and O–H groups in total. The van der Waals surface area contributed by atoms with Crippen molar-refractivity contribution < 1.29 is 8.42 Å². The fraction of sp³-hybridized carbons (Fsp3) is 0.700. The second-order valence-electron chi connectivity index (χ2n) is 7.97. The highest BCUT2D eigenvalue weighted by Gasteiger charge is 2.48. The first-order valence-electron chi connectivity index (χ1n) is 9.77. The molecular formula is C20H29NO2S2. The van der Waals surface area contributed by atoms with Gasteiger partial charge >= 0.3 is 0 Å². The molecule has 4 rings (SSSR count). The third-order valence-corrected chi connectivity index (χ3v) is 9.96. The summed E-state index contributed by atoms with van der Waals surface area (Å²) in [7, 11) is -3.36. The van der Waals surface area contributed by atoms with Crippen LogP contribution in [0.1, 0.15) is 50.5 Å². The SMILES string of the molecule is Cc1ccc(S(=O)(=O)N2CC[C@@H]3[C@H](C4CCCCC4)SCC[C@@H]32)cc1. The summed E-state index contributed by atoms with van der Waals surface area (Å²) < 4.78 is 28.3. The highest BCUT2D eigenvalue weighted by Crippen LogP contribution is 2.47. The largest absolute Gasteiger partial charge is 0.243 e. The first-order valence-corrected chi connectivity index (χ1v) is 12.3. The second-order valence-corrected chi connectivity index (χ2v) is 11.1. The Bertz CT molecular complexity index is 695. The molecule has 1 saturated carbocycles. The Kier molecular flexibility index (Phi) is 5.18. The first-order chi connectivity index (χ1) is 12.1. The molecule has 25 heavy (non-hydrogen) atoms. The van der Waals surface area contributed by atoms with Crippen molar-refractivity contribution in [2.75, 3.05) is 12.3 Å². The molecule has 2 saturated heterocycles. The Hall–Kier alpha value is -0.520. The molecule has 1 aliphatic carbocycles. The fourth-order valence-corrected chi connectivity index (χ4v) is 8.60. The van der Waals surface area contributed by atoms with E-state index in [1.807, 2.05) is 23.4 Å². The molecular weight excluding hydrogens is 350 g/mol. The average molecular weight is 380 g/mol. The van der Waals surface area contributed by atoms with Crippen molar-refractivity contribution in [3.05, 3.63) is 29.8 Å². The number of thioether (sulfide) groups is 1. The van der Waals surface area contributed by atoms with Crippen molar-refractivity contribution in [3.63, 3.8) is 0 Å². The quantitative estimate of drug-likeness (QED) is 0.778. The van der Waals surface area contributed by atoms with Gasteiger partial charge in [-0.1, -0.05) is 37.0 Å². The Balaban J connectivity index is 1.56. The van der Waals surface area contributed by atoms with Crippen LogP contribution in [0.3, 0.4) is 0 Å². The van der Waals surface area contributed by atoms with Crippen LogP contribution in [-0.4, -0.2) is 36.3 Å². The lowest BCUT2D eigenvalue weighted by Crippen LogP contribution is -2.44. The molecule has 138 valence electrons. The van der Waals surface area contributed by atoms with Crippen LogP contribution < -0.4 is 0 Å². The van der Waals surface area contributed by atoms with Crippen molar-refractivity contribution in [2.24, 2.45) is 11.8 Å². The van der Waals surface area contributed by atoms with Gasteiger partial charge in [0.1, 0.15) is 0 Å². The Morgan fingerprint density at radius 3 is 2.44 bits per heavy atom. The Morgan fingerprint density at radius 2 is 1.72 bits per heavy atom. The van der Waals surface area contributed by atoms with Gasteiger partial charge in [0.15, 0.2) is 0 Å². The van der Waals surface area contributed by atoms with E-state index < -0.39 is 10.0 Å². The van der Waals surface area contributed by atoms with E-state index in [4.69, 9.17) is 0 Å². The molecule has 3 atom stereocenters. The number of aryl methyl sites for hydroxylation is 1. The molecule has 1 aromatic rings. The maximum atomic E-state index is 13.2. The van der Waals surface area contributed by atoms with Crippen molar-refractivity contribution in [1.29, 1.82) is 0 Å². The average Bonchev–Trinajstić information content (AvgIpc) is 3.08. The number of fused-ring (bicyclic) bond motifs is 1. The summed E-state index contributed by atoms with van der Waals surface area (Å²) in [4.78, 5) is 0.464. The second kappa shape index (κ2) is 7.24. The highest BCUT2D eigenvalue weighted by molar-refractivity contribution is 8.00. The van der Waals surface area contributed by atoms with E-state index >= 15 is 0 Å². The van der Waals surface area contributed by atoms with Gasteiger partial charge in [-0.2, -0.15) is 16.1 Å². The van der Waals surface area contributed by atoms with E-state index in [2.05, 4.69) is 11.8 Å². The summed E-state index contributed by atoms with van der Waals surface area (Å²) in [6.07, 6.45) is 8.88. The number of nitrogens with zero attached hydrogens (tertiary/aromatic N) is 1. The van der Waals surface area contributed by atoms with Crippen molar-refractivity contribution >= 4 is 21.8 Å². The lowest BCUT2D eigenvalue weighted by atomic mass is 9.79. The third kappa shape index (κ3) is 3.40. The Morgan fingerprint density at radius 1 is 1.00 bits per heavy atom. The van der Waals surface area contributed by atoms with Gasteiger partial charge in [0, 0.05) is 17.8 Å². The molecule has 1 aromatic carbocycles. The van der Waals surface area contributed by atoms with Crippen LogP contribution in [0.2, 0.25) is 0 Å². The molecule has 0 bridgehead atoms. The standard InChI is InChI=1S/C20H29NO2S2/c1-15-7-9-17(10-8-15)25(22,23)21-13-11-18-19(21)12-14-24-20(18)16-5-3-2-4-6-16/h7-10,16,18-20H,2-6,11-14H2,1H3/t18-,19-,20-/m0/s1. The molecule has 0 spiro atoms. The van der Waals surface area contributed by atoms with Crippen LogP contribution in [0.25, 0.3) is 0 Å². The lowest BCUT2D eigenvalue weighted by molar-refractivity contribution is 0.249. The van der Waals surface area contributed by atoms with E-state index in [1.165, 1.54) is 32.1 Å². The molecule has 0 radical (unpaired) electrons. The highest BCUT2D eigenvalue weighted by atomic mass is 32.2. The topological polar surface area (TPSA) is 37.4 Å². The first kappa shape index (κ1) is 17.9. The summed E-state index contributed by atoms with van der Waals surface area (Å²) in [6, 6.07) is 7.58. The van der Waals surface area contributed by atoms with Gasteiger partial charge < -0.3 is 0 Å². The fourth-order valence-electron chi connectivity index (χ4n) is 5.13. The van der Waals surface area contributed by atoms with E-state index in [0.29, 0.717) is 22.6 Å². The zero-order valence-corrected chi connectivity index (χ0v) is 16.7. The number of benzene rings is 1. The zero-order chi connectivity index (χ0) is 17.4. The number of rotatable bonds is 3. The van der Waals surface area contributed by atoms with Gasteiger partial charge in [-0.25, -0.2) is 8.42 Å². The minimum atomic E-state index is -3.36. The van der Waals surface area contributed by atoms with E-state index in [-0.39, 0.29) is 6.04 Å². The predicted molar refractivity (Wildman–Crippen MR) is 104 cm³/mol. The van der Waals surface area contributed by atoms with Gasteiger partial charge in [0.2, 0.25) is 10.0 Å². The smallest absolute Gasteiger partial charge is 0.207 e. The molecule has 3 aliphatic rings. The maximum absolute atomic E-state index is 13.2. The van der Waals surface area contributed by atoms with Crippen LogP contribution in [-0.2, 0) is 10.0 Å². The van der Waals surface area contributed by atoms with E-state index in [1.54, 1.807) is 12.1 Å². The van der Waals surface area contributed by atoms with Crippen molar-refractivity contribution in [1.82, 2.24) is 4.31 Å². The summed E-state index contributed by atoms with van der Waals surface area (Å²) in [5.74, 6) is 2.48. The monoisotopic (exact) mass is 379 g/mol. The molecule has 3 fully saturated rings. The summed E-state index contributed by atoms with van der Waals surface area (Å²) in [6.45, 7) is 2.70. The molecule has 0 amide bonds. The minimum absolute atomic E-state index is 0.222. The Labute approximate surface area is 156 Å². The normalized spacial score (nSPS) is 31.8. The number of hydrogen-bond acceptors (Lipinski definition) is 3. The third-order valence-electron chi connectivity index (χ3n) is 6.43. The van der Waals surface area contributed by atoms with Crippen LogP contribution in [0.4, 0.5) is 0 Å². The van der Waals surface area contributed by atoms with Gasteiger partial charge in [0.05, 0.1) is 4.90 Å². The van der Waals surface area contributed by atoms with Gasteiger partial charge in [-0.3, -0.25) is 0 Å². The van der Waals surface area contributed by atoms with Gasteiger partial charge in [-0.05, 0) is 62.3 Å². The maximum Gasteiger partial charge on any atom is 0.243 e. The van der Waals surface area contributed by atoms with Crippen LogP contribution >= 0.6 is 11.8 Å². The lowest BCUT2D eigenvalue weighted by Gasteiger charge is -2.41.